The number of benzene rings is 2. The number of aliphatic hydroxyl groups is 1. The number of rotatable bonds is 10. The Hall–Kier alpha value is -3.01. The molecule has 1 N–H and O–H groups in total. The van der Waals surface area contributed by atoms with Crippen LogP contribution in [0.25, 0.3) is 0 Å². The fourth-order valence-electron chi connectivity index (χ4n) is 3.31. The molecule has 1 aromatic heterocycles. The smallest absolute Gasteiger partial charge is 0.220 e. The summed E-state index contributed by atoms with van der Waals surface area (Å²) in [4.78, 5) is 3.84. The molecule has 7 nitrogen and oxygen atoms in total. The van der Waals surface area contributed by atoms with Crippen LogP contribution in [-0.2, 0) is 23.1 Å². The summed E-state index contributed by atoms with van der Waals surface area (Å²) in [5, 5.41) is 9.49. The number of aliphatic hydroxyl groups excluding tert-OH is 1. The first kappa shape index (κ1) is 24.6. The number of pyridine rings is 1. The fraction of sp³-hybridized carbons (Fsp3) is 0.292. The number of hydrogen-bond donors (Lipinski definition) is 1. The minimum absolute atomic E-state index is 0.0846. The molecule has 0 saturated heterocycles. The van der Waals surface area contributed by atoms with Gasteiger partial charge in [0.2, 0.25) is 10.0 Å². The molecule has 0 spiro atoms. The van der Waals surface area contributed by atoms with Gasteiger partial charge in [-0.1, -0.05) is 24.3 Å². The van der Waals surface area contributed by atoms with Gasteiger partial charge in [-0.15, -0.1) is 0 Å². The Morgan fingerprint density at radius 2 is 1.39 bits per heavy atom. The molecule has 176 valence electrons. The second-order valence-electron chi connectivity index (χ2n) is 7.56. The third kappa shape index (κ3) is 6.07. The van der Waals surface area contributed by atoms with Crippen LogP contribution in [0, 0.1) is 5.82 Å². The highest BCUT2D eigenvalue weighted by Crippen LogP contribution is 2.27. The Morgan fingerprint density at radius 3 is 1.79 bits per heavy atom. The zero-order chi connectivity index (χ0) is 24.0. The van der Waals surface area contributed by atoms with Crippen LogP contribution < -0.4 is 9.47 Å². The lowest BCUT2D eigenvalue weighted by atomic mass is 10.2. The van der Waals surface area contributed by atoms with E-state index in [1.54, 1.807) is 62.8 Å². The second kappa shape index (κ2) is 10.7. The lowest BCUT2D eigenvalue weighted by molar-refractivity contribution is 0.167. The Labute approximate surface area is 193 Å². The van der Waals surface area contributed by atoms with Crippen LogP contribution in [0.4, 0.5) is 4.39 Å². The Bertz CT molecular complexity index is 1090. The zero-order valence-corrected chi connectivity index (χ0v) is 19.5. The quantitative estimate of drug-likeness (QED) is 0.482. The maximum Gasteiger partial charge on any atom is 0.220 e. The Kier molecular flexibility index (Phi) is 8.01. The van der Waals surface area contributed by atoms with E-state index in [1.807, 2.05) is 0 Å². The highest BCUT2D eigenvalue weighted by atomic mass is 32.2. The summed E-state index contributed by atoms with van der Waals surface area (Å²) in [6.07, 6.45) is -0.477. The van der Waals surface area contributed by atoms with Crippen LogP contribution in [-0.4, -0.2) is 42.3 Å². The molecule has 0 amide bonds. The molecule has 0 aliphatic carbocycles. The van der Waals surface area contributed by atoms with Crippen molar-refractivity contribution in [1.82, 2.24) is 9.29 Å². The van der Waals surface area contributed by atoms with E-state index in [4.69, 9.17) is 9.47 Å². The number of ether oxygens (including phenoxy) is 2. The van der Waals surface area contributed by atoms with Crippen LogP contribution >= 0.6 is 0 Å². The van der Waals surface area contributed by atoms with Crippen molar-refractivity contribution in [3.8, 4) is 11.5 Å². The molecule has 0 radical (unpaired) electrons. The van der Waals surface area contributed by atoms with Gasteiger partial charge in [-0.05, 0) is 54.4 Å². The summed E-state index contributed by atoms with van der Waals surface area (Å²) < 4.78 is 52.0. The Balaban J connectivity index is 1.91. The standard InChI is InChI=1S/C24H27FN2O5S/c1-17(24(28)23-13-8-20(25)14-26-23)33(29,30)27(15-18-4-9-21(31-2)10-5-18)16-19-6-11-22(32-3)12-7-19/h4-14,17,24,28H,15-16H2,1-3H3/t17-,24+/m0/s1. The van der Waals surface area contributed by atoms with Gasteiger partial charge in [0, 0.05) is 13.1 Å². The van der Waals surface area contributed by atoms with Crippen molar-refractivity contribution < 1.29 is 27.4 Å². The molecule has 3 aromatic rings. The number of halogens is 1. The van der Waals surface area contributed by atoms with Crippen molar-refractivity contribution in [3.63, 3.8) is 0 Å². The summed E-state index contributed by atoms with van der Waals surface area (Å²) >= 11 is 0. The third-order valence-electron chi connectivity index (χ3n) is 5.36. The van der Waals surface area contributed by atoms with Gasteiger partial charge in [0.05, 0.1) is 26.1 Å². The van der Waals surface area contributed by atoms with E-state index in [0.717, 1.165) is 23.4 Å². The van der Waals surface area contributed by atoms with Crippen LogP contribution in [0.3, 0.4) is 0 Å². The summed E-state index contributed by atoms with van der Waals surface area (Å²) in [6, 6.07) is 16.6. The van der Waals surface area contributed by atoms with E-state index in [1.165, 1.54) is 17.3 Å². The minimum atomic E-state index is -4.00. The molecule has 0 saturated carbocycles. The lowest BCUT2D eigenvalue weighted by Gasteiger charge is -2.28. The van der Waals surface area contributed by atoms with Gasteiger partial charge in [-0.2, -0.15) is 4.31 Å². The third-order valence-corrected chi connectivity index (χ3v) is 7.54. The van der Waals surface area contributed by atoms with Crippen LogP contribution in [0.1, 0.15) is 29.8 Å². The number of aromatic nitrogens is 1. The van der Waals surface area contributed by atoms with Gasteiger partial charge in [-0.3, -0.25) is 4.98 Å². The van der Waals surface area contributed by atoms with Crippen molar-refractivity contribution in [1.29, 1.82) is 0 Å². The average molecular weight is 475 g/mol. The first-order chi connectivity index (χ1) is 15.7. The molecular formula is C24H27FN2O5S. The van der Waals surface area contributed by atoms with Crippen molar-refractivity contribution in [2.24, 2.45) is 0 Å². The lowest BCUT2D eigenvalue weighted by Crippen LogP contribution is -2.39. The van der Waals surface area contributed by atoms with Crippen molar-refractivity contribution >= 4 is 10.0 Å². The van der Waals surface area contributed by atoms with E-state index < -0.39 is 27.2 Å². The van der Waals surface area contributed by atoms with Gasteiger partial charge in [-0.25, -0.2) is 12.8 Å². The van der Waals surface area contributed by atoms with Crippen LogP contribution in [0.2, 0.25) is 0 Å². The number of methoxy groups -OCH3 is 2. The molecule has 0 bridgehead atoms. The summed E-state index contributed by atoms with van der Waals surface area (Å²) in [5.41, 5.74) is 1.60. The molecule has 0 aliphatic rings. The molecule has 3 rings (SSSR count). The summed E-state index contributed by atoms with van der Waals surface area (Å²) in [5.74, 6) is 0.756. The van der Waals surface area contributed by atoms with Crippen molar-refractivity contribution in [3.05, 3.63) is 89.5 Å². The molecule has 1 heterocycles. The van der Waals surface area contributed by atoms with Gasteiger partial charge < -0.3 is 14.6 Å². The van der Waals surface area contributed by atoms with Crippen LogP contribution in [0.15, 0.2) is 66.9 Å². The monoisotopic (exact) mass is 474 g/mol. The van der Waals surface area contributed by atoms with Gasteiger partial charge >= 0.3 is 0 Å². The molecule has 33 heavy (non-hydrogen) atoms. The molecule has 2 aromatic carbocycles. The Morgan fingerprint density at radius 1 is 0.909 bits per heavy atom. The van der Waals surface area contributed by atoms with Crippen molar-refractivity contribution in [2.45, 2.75) is 31.4 Å². The van der Waals surface area contributed by atoms with E-state index in [-0.39, 0.29) is 18.8 Å². The number of nitrogens with zero attached hydrogens (tertiary/aromatic N) is 2. The topological polar surface area (TPSA) is 89.0 Å². The van der Waals surface area contributed by atoms with Crippen molar-refractivity contribution in [2.75, 3.05) is 14.2 Å². The van der Waals surface area contributed by atoms with E-state index in [2.05, 4.69) is 4.98 Å². The minimum Gasteiger partial charge on any atom is -0.497 e. The first-order valence-corrected chi connectivity index (χ1v) is 11.8. The molecule has 2 atom stereocenters. The van der Waals surface area contributed by atoms with Gasteiger partial charge in [0.1, 0.15) is 28.7 Å². The molecule has 9 heteroatoms. The highest BCUT2D eigenvalue weighted by Gasteiger charge is 2.35. The summed E-state index contributed by atoms with van der Waals surface area (Å²) in [7, 11) is -0.884. The maximum atomic E-state index is 13.6. The largest absolute Gasteiger partial charge is 0.497 e. The predicted molar refractivity (Wildman–Crippen MR) is 123 cm³/mol. The number of hydrogen-bond acceptors (Lipinski definition) is 6. The zero-order valence-electron chi connectivity index (χ0n) is 18.7. The number of sulfonamides is 1. The molecule has 0 fully saturated rings. The molecule has 0 aliphatic heterocycles. The van der Waals surface area contributed by atoms with Gasteiger partial charge in [0.15, 0.2) is 0 Å². The van der Waals surface area contributed by atoms with E-state index in [9.17, 15) is 17.9 Å². The van der Waals surface area contributed by atoms with Gasteiger partial charge in [0.25, 0.3) is 0 Å². The molecular weight excluding hydrogens is 447 g/mol. The van der Waals surface area contributed by atoms with E-state index >= 15 is 0 Å². The first-order valence-electron chi connectivity index (χ1n) is 10.3. The SMILES string of the molecule is COc1ccc(CN(Cc2ccc(OC)cc2)S(=O)(=O)[C@@H](C)[C@@H](O)c2ccc(F)cn2)cc1. The predicted octanol–water partition coefficient (Wildman–Crippen LogP) is 3.69. The summed E-state index contributed by atoms with van der Waals surface area (Å²) in [6.45, 7) is 1.60. The normalized spacial score (nSPS) is 13.5. The fourth-order valence-corrected chi connectivity index (χ4v) is 4.90. The van der Waals surface area contributed by atoms with Crippen LogP contribution in [0.5, 0.6) is 11.5 Å². The maximum absolute atomic E-state index is 13.6. The van der Waals surface area contributed by atoms with E-state index in [0.29, 0.717) is 11.5 Å². The second-order valence-corrected chi connectivity index (χ2v) is 9.85. The average Bonchev–Trinajstić information content (AvgIpc) is 2.84. The highest BCUT2D eigenvalue weighted by molar-refractivity contribution is 7.89. The molecule has 0 unspecified atom stereocenters.